The van der Waals surface area contributed by atoms with Crippen molar-refractivity contribution in [3.8, 4) is 11.5 Å². The van der Waals surface area contributed by atoms with E-state index in [0.717, 1.165) is 12.2 Å². The summed E-state index contributed by atoms with van der Waals surface area (Å²) >= 11 is 0. The molecule has 0 heterocycles. The second kappa shape index (κ2) is 8.19. The van der Waals surface area contributed by atoms with E-state index in [0.29, 0.717) is 11.5 Å². The number of rotatable bonds is 6. The van der Waals surface area contributed by atoms with Crippen molar-refractivity contribution in [1.29, 1.82) is 0 Å². The number of carbonyl (C=O) groups excluding carboxylic acids is 1. The van der Waals surface area contributed by atoms with Gasteiger partial charge in [-0.3, -0.25) is 0 Å². The third kappa shape index (κ3) is 5.89. The van der Waals surface area contributed by atoms with Crippen LogP contribution in [0.5, 0.6) is 11.5 Å². The van der Waals surface area contributed by atoms with Crippen LogP contribution in [-0.4, -0.2) is 17.0 Å². The maximum Gasteiger partial charge on any atom is 0.336 e. The summed E-state index contributed by atoms with van der Waals surface area (Å²) in [5.74, 6) is -0.953. The van der Waals surface area contributed by atoms with Crippen LogP contribution in [-0.2, 0) is 9.59 Å². The number of aliphatic carboxylic acids is 1. The Morgan fingerprint density at radius 2 is 1.30 bits per heavy atom. The second-order valence-electron chi connectivity index (χ2n) is 4.37. The summed E-state index contributed by atoms with van der Waals surface area (Å²) in [4.78, 5) is 22.5. The molecule has 0 atom stereocenters. The molecule has 0 saturated heterocycles. The molecule has 0 aliphatic carbocycles. The average molecular weight is 310 g/mol. The highest BCUT2D eigenvalue weighted by atomic mass is 16.5. The fourth-order valence-electron chi connectivity index (χ4n) is 1.65. The molecule has 116 valence electrons. The van der Waals surface area contributed by atoms with Gasteiger partial charge < -0.3 is 14.6 Å². The SMILES string of the molecule is O=C(O)C=C(C=CC(=O)Oc1ccccc1)Oc1ccccc1. The summed E-state index contributed by atoms with van der Waals surface area (Å²) in [6.07, 6.45) is 3.20. The number of carbonyl (C=O) groups is 2. The highest BCUT2D eigenvalue weighted by Gasteiger charge is 2.04. The monoisotopic (exact) mass is 310 g/mol. The van der Waals surface area contributed by atoms with Gasteiger partial charge >= 0.3 is 11.9 Å². The smallest absolute Gasteiger partial charge is 0.336 e. The summed E-state index contributed by atoms with van der Waals surface area (Å²) < 4.78 is 10.5. The third-order valence-electron chi connectivity index (χ3n) is 2.59. The lowest BCUT2D eigenvalue weighted by atomic mass is 10.3. The van der Waals surface area contributed by atoms with Crippen molar-refractivity contribution >= 4 is 11.9 Å². The maximum atomic E-state index is 11.7. The molecule has 23 heavy (non-hydrogen) atoms. The first-order chi connectivity index (χ1) is 11.1. The number of para-hydroxylation sites is 2. The predicted molar refractivity (Wildman–Crippen MR) is 84.0 cm³/mol. The van der Waals surface area contributed by atoms with Crippen LogP contribution in [0.4, 0.5) is 0 Å². The van der Waals surface area contributed by atoms with Gasteiger partial charge in [-0.1, -0.05) is 36.4 Å². The molecule has 0 spiro atoms. The van der Waals surface area contributed by atoms with Crippen molar-refractivity contribution < 1.29 is 24.2 Å². The predicted octanol–water partition coefficient (Wildman–Crippen LogP) is 3.20. The molecule has 0 fully saturated rings. The number of hydrogen-bond acceptors (Lipinski definition) is 4. The standard InChI is InChI=1S/C18H14O5/c19-17(20)13-16(22-14-7-3-1-4-8-14)11-12-18(21)23-15-9-5-2-6-10-15/h1-13H,(H,19,20). The number of esters is 1. The Bertz CT molecular complexity index is 718. The zero-order valence-electron chi connectivity index (χ0n) is 12.1. The molecule has 0 radical (unpaired) electrons. The molecule has 1 N–H and O–H groups in total. The Hall–Kier alpha value is -3.34. The van der Waals surface area contributed by atoms with Crippen LogP contribution in [0.3, 0.4) is 0 Å². The number of allylic oxidation sites excluding steroid dienone is 1. The van der Waals surface area contributed by atoms with Gasteiger partial charge in [0.05, 0.1) is 6.08 Å². The van der Waals surface area contributed by atoms with Crippen LogP contribution < -0.4 is 9.47 Å². The molecule has 5 nitrogen and oxygen atoms in total. The van der Waals surface area contributed by atoms with Crippen molar-refractivity contribution in [1.82, 2.24) is 0 Å². The summed E-state index contributed by atoms with van der Waals surface area (Å²) in [7, 11) is 0. The van der Waals surface area contributed by atoms with Gasteiger partial charge in [-0.15, -0.1) is 0 Å². The number of ether oxygens (including phenoxy) is 2. The van der Waals surface area contributed by atoms with Gasteiger partial charge in [-0.2, -0.15) is 0 Å². The van der Waals surface area contributed by atoms with Gasteiger partial charge in [0, 0.05) is 6.08 Å². The molecule has 2 aromatic carbocycles. The van der Waals surface area contributed by atoms with E-state index >= 15 is 0 Å². The minimum atomic E-state index is -1.18. The summed E-state index contributed by atoms with van der Waals surface area (Å²) in [5.41, 5.74) is 0. The summed E-state index contributed by atoms with van der Waals surface area (Å²) in [6, 6.07) is 17.2. The topological polar surface area (TPSA) is 72.8 Å². The molecule has 0 bridgehead atoms. The van der Waals surface area contributed by atoms with Crippen molar-refractivity contribution in [2.75, 3.05) is 0 Å². The van der Waals surface area contributed by atoms with Crippen LogP contribution in [0.1, 0.15) is 0 Å². The van der Waals surface area contributed by atoms with Gasteiger partial charge in [-0.05, 0) is 30.3 Å². The quantitative estimate of drug-likeness (QED) is 0.292. The van der Waals surface area contributed by atoms with Crippen LogP contribution in [0.15, 0.2) is 84.7 Å². The zero-order chi connectivity index (χ0) is 16.5. The lowest BCUT2D eigenvalue weighted by Gasteiger charge is -2.05. The van der Waals surface area contributed by atoms with Crippen molar-refractivity contribution in [2.24, 2.45) is 0 Å². The molecule has 0 saturated carbocycles. The highest BCUT2D eigenvalue weighted by molar-refractivity contribution is 5.85. The molecule has 5 heteroatoms. The summed E-state index contributed by atoms with van der Waals surface area (Å²) in [5, 5.41) is 8.86. The second-order valence-corrected chi connectivity index (χ2v) is 4.37. The third-order valence-corrected chi connectivity index (χ3v) is 2.59. The Balaban J connectivity index is 2.05. The molecule has 2 rings (SSSR count). The van der Waals surface area contributed by atoms with Crippen molar-refractivity contribution in [3.05, 3.63) is 84.7 Å². The van der Waals surface area contributed by atoms with E-state index in [1.54, 1.807) is 60.7 Å². The number of benzene rings is 2. The number of hydrogen-bond donors (Lipinski definition) is 1. The van der Waals surface area contributed by atoms with E-state index in [1.165, 1.54) is 6.08 Å². The lowest BCUT2D eigenvalue weighted by molar-refractivity contribution is -0.132. The molecule has 2 aromatic rings. The Morgan fingerprint density at radius 3 is 1.83 bits per heavy atom. The Morgan fingerprint density at radius 1 is 0.783 bits per heavy atom. The van der Waals surface area contributed by atoms with Gasteiger partial charge in [0.25, 0.3) is 0 Å². The fourth-order valence-corrected chi connectivity index (χ4v) is 1.65. The van der Waals surface area contributed by atoms with Crippen LogP contribution in [0.2, 0.25) is 0 Å². The molecular weight excluding hydrogens is 296 g/mol. The van der Waals surface area contributed by atoms with Crippen LogP contribution in [0.25, 0.3) is 0 Å². The lowest BCUT2D eigenvalue weighted by Crippen LogP contribution is -2.05. The van der Waals surface area contributed by atoms with Crippen LogP contribution >= 0.6 is 0 Å². The first-order valence-electron chi connectivity index (χ1n) is 6.76. The molecular formula is C18H14O5. The molecule has 0 aromatic heterocycles. The normalized spacial score (nSPS) is 11.2. The fraction of sp³-hybridized carbons (Fsp3) is 0. The zero-order valence-corrected chi connectivity index (χ0v) is 12.1. The van der Waals surface area contributed by atoms with Gasteiger partial charge in [0.2, 0.25) is 0 Å². The van der Waals surface area contributed by atoms with Crippen LogP contribution in [0, 0.1) is 0 Å². The highest BCUT2D eigenvalue weighted by Crippen LogP contribution is 2.14. The Kier molecular flexibility index (Phi) is 5.71. The van der Waals surface area contributed by atoms with E-state index < -0.39 is 11.9 Å². The van der Waals surface area contributed by atoms with Gasteiger partial charge in [-0.25, -0.2) is 9.59 Å². The van der Waals surface area contributed by atoms with E-state index in [1.807, 2.05) is 0 Å². The largest absolute Gasteiger partial charge is 0.478 e. The van der Waals surface area contributed by atoms with Gasteiger partial charge in [0.1, 0.15) is 17.3 Å². The maximum absolute atomic E-state index is 11.7. The van der Waals surface area contributed by atoms with E-state index in [2.05, 4.69) is 0 Å². The van der Waals surface area contributed by atoms with E-state index in [-0.39, 0.29) is 5.76 Å². The minimum absolute atomic E-state index is 0.00807. The minimum Gasteiger partial charge on any atom is -0.478 e. The number of carboxylic acid groups (broad SMARTS) is 1. The molecule has 0 unspecified atom stereocenters. The molecule has 0 amide bonds. The van der Waals surface area contributed by atoms with Crippen molar-refractivity contribution in [2.45, 2.75) is 0 Å². The molecule has 0 aliphatic rings. The average Bonchev–Trinajstić information content (AvgIpc) is 2.54. The first-order valence-corrected chi connectivity index (χ1v) is 6.76. The number of carboxylic acids is 1. The molecule has 0 aliphatic heterocycles. The summed E-state index contributed by atoms with van der Waals surface area (Å²) in [6.45, 7) is 0. The van der Waals surface area contributed by atoms with Gasteiger partial charge in [0.15, 0.2) is 0 Å². The Labute approximate surface area is 133 Å². The first kappa shape index (κ1) is 16.0. The van der Waals surface area contributed by atoms with E-state index in [4.69, 9.17) is 14.6 Å². The van der Waals surface area contributed by atoms with Crippen molar-refractivity contribution in [3.63, 3.8) is 0 Å². The van der Waals surface area contributed by atoms with E-state index in [9.17, 15) is 9.59 Å².